The zero-order chi connectivity index (χ0) is 20.8. The maximum atomic E-state index is 13.4. The van der Waals surface area contributed by atoms with Gasteiger partial charge in [-0.05, 0) is 32.0 Å². The Kier molecular flexibility index (Phi) is 6.43. The van der Waals surface area contributed by atoms with E-state index in [2.05, 4.69) is 25.7 Å². The van der Waals surface area contributed by atoms with Crippen molar-refractivity contribution in [3.05, 3.63) is 70.9 Å². The average molecular weight is 396 g/mol. The first kappa shape index (κ1) is 20.3. The van der Waals surface area contributed by atoms with Crippen LogP contribution in [-0.2, 0) is 20.1 Å². The van der Waals surface area contributed by atoms with Crippen molar-refractivity contribution in [3.63, 3.8) is 0 Å². The number of halogens is 1. The Morgan fingerprint density at radius 2 is 1.97 bits per heavy atom. The molecular weight excluding hydrogens is 371 g/mol. The highest BCUT2D eigenvalue weighted by Gasteiger charge is 2.11. The maximum absolute atomic E-state index is 13.4. The summed E-state index contributed by atoms with van der Waals surface area (Å²) < 4.78 is 21.0. The van der Waals surface area contributed by atoms with Crippen molar-refractivity contribution in [2.75, 3.05) is 7.05 Å². The number of aromatic nitrogens is 3. The van der Waals surface area contributed by atoms with Crippen molar-refractivity contribution in [1.82, 2.24) is 25.4 Å². The van der Waals surface area contributed by atoms with Crippen LogP contribution in [0.4, 0.5) is 4.39 Å². The summed E-state index contributed by atoms with van der Waals surface area (Å²) in [5.74, 6) is 1.10. The van der Waals surface area contributed by atoms with Crippen molar-refractivity contribution >= 4 is 5.96 Å². The summed E-state index contributed by atoms with van der Waals surface area (Å²) in [6.45, 7) is 5.10. The minimum Gasteiger partial charge on any atom is -0.439 e. The average Bonchev–Trinajstić information content (AvgIpc) is 2.95. The van der Waals surface area contributed by atoms with Crippen LogP contribution in [0.15, 0.2) is 47.6 Å². The molecule has 0 aliphatic rings. The highest BCUT2D eigenvalue weighted by atomic mass is 19.1. The Morgan fingerprint density at radius 1 is 1.17 bits per heavy atom. The van der Waals surface area contributed by atoms with Gasteiger partial charge >= 0.3 is 0 Å². The van der Waals surface area contributed by atoms with Gasteiger partial charge in [0.25, 0.3) is 0 Å². The fraction of sp³-hybridized carbons (Fsp3) is 0.286. The molecule has 0 bridgehead atoms. The first-order valence-corrected chi connectivity index (χ1v) is 9.29. The smallest absolute Gasteiger partial charge is 0.224 e. The Morgan fingerprint density at radius 3 is 2.66 bits per heavy atom. The zero-order valence-corrected chi connectivity index (χ0v) is 17.0. The molecule has 0 aliphatic carbocycles. The van der Waals surface area contributed by atoms with Gasteiger partial charge in [0.15, 0.2) is 5.96 Å². The van der Waals surface area contributed by atoms with Crippen molar-refractivity contribution < 1.29 is 9.13 Å². The predicted molar refractivity (Wildman–Crippen MR) is 110 cm³/mol. The van der Waals surface area contributed by atoms with Gasteiger partial charge in [-0.3, -0.25) is 9.67 Å². The van der Waals surface area contributed by atoms with E-state index in [-0.39, 0.29) is 5.82 Å². The summed E-state index contributed by atoms with van der Waals surface area (Å²) in [5.41, 5.74) is 4.08. The predicted octanol–water partition coefficient (Wildman–Crippen LogP) is 3.23. The quantitative estimate of drug-likeness (QED) is 0.494. The third-order valence-electron chi connectivity index (χ3n) is 4.62. The number of hydrogen-bond acceptors (Lipinski definition) is 4. The molecule has 3 aromatic rings. The highest BCUT2D eigenvalue weighted by Crippen LogP contribution is 2.23. The molecule has 0 unspecified atom stereocenters. The molecule has 0 radical (unpaired) electrons. The fourth-order valence-electron chi connectivity index (χ4n) is 2.94. The summed E-state index contributed by atoms with van der Waals surface area (Å²) in [6.07, 6.45) is 1.64. The van der Waals surface area contributed by atoms with Crippen LogP contribution in [0.2, 0.25) is 0 Å². The van der Waals surface area contributed by atoms with Crippen molar-refractivity contribution in [2.45, 2.75) is 26.9 Å². The zero-order valence-electron chi connectivity index (χ0n) is 17.0. The SMILES string of the molecule is CN=C(NCc1cccnc1Oc1cccc(F)c1)NCc1c(C)nn(C)c1C. The Bertz CT molecular complexity index is 1010. The molecule has 0 amide bonds. The van der Waals surface area contributed by atoms with E-state index in [4.69, 9.17) is 4.74 Å². The molecule has 0 spiro atoms. The third-order valence-corrected chi connectivity index (χ3v) is 4.62. The largest absolute Gasteiger partial charge is 0.439 e. The number of pyridine rings is 1. The summed E-state index contributed by atoms with van der Waals surface area (Å²) in [4.78, 5) is 8.54. The Balaban J connectivity index is 1.64. The first-order chi connectivity index (χ1) is 14.0. The lowest BCUT2D eigenvalue weighted by molar-refractivity contribution is 0.450. The number of rotatable bonds is 6. The van der Waals surface area contributed by atoms with Gasteiger partial charge in [0.05, 0.1) is 5.69 Å². The van der Waals surface area contributed by atoms with Crippen LogP contribution in [0.1, 0.15) is 22.5 Å². The van der Waals surface area contributed by atoms with E-state index in [0.29, 0.717) is 30.7 Å². The van der Waals surface area contributed by atoms with E-state index < -0.39 is 0 Å². The van der Waals surface area contributed by atoms with Crippen LogP contribution in [0, 0.1) is 19.7 Å². The van der Waals surface area contributed by atoms with E-state index in [1.165, 1.54) is 12.1 Å². The summed E-state index contributed by atoms with van der Waals surface area (Å²) in [6, 6.07) is 9.71. The number of aryl methyl sites for hydroxylation is 2. The van der Waals surface area contributed by atoms with Gasteiger partial charge < -0.3 is 15.4 Å². The van der Waals surface area contributed by atoms with Crippen LogP contribution in [0.5, 0.6) is 11.6 Å². The molecule has 0 aliphatic heterocycles. The van der Waals surface area contributed by atoms with Crippen LogP contribution < -0.4 is 15.4 Å². The van der Waals surface area contributed by atoms with Crippen molar-refractivity contribution in [2.24, 2.45) is 12.0 Å². The van der Waals surface area contributed by atoms with Crippen molar-refractivity contribution in [1.29, 1.82) is 0 Å². The lowest BCUT2D eigenvalue weighted by atomic mass is 10.2. The molecule has 3 rings (SSSR count). The molecule has 0 fully saturated rings. The molecule has 0 saturated carbocycles. The first-order valence-electron chi connectivity index (χ1n) is 9.29. The number of guanidine groups is 1. The monoisotopic (exact) mass is 396 g/mol. The second kappa shape index (κ2) is 9.18. The lowest BCUT2D eigenvalue weighted by Gasteiger charge is -2.14. The number of nitrogens with one attached hydrogen (secondary N) is 2. The molecule has 2 N–H and O–H groups in total. The lowest BCUT2D eigenvalue weighted by Crippen LogP contribution is -2.36. The second-order valence-electron chi connectivity index (χ2n) is 6.58. The molecule has 0 saturated heterocycles. The molecule has 2 aromatic heterocycles. The molecule has 2 heterocycles. The number of hydrogen-bond donors (Lipinski definition) is 2. The summed E-state index contributed by atoms with van der Waals surface area (Å²) in [7, 11) is 3.65. The number of nitrogens with zero attached hydrogens (tertiary/aromatic N) is 4. The van der Waals surface area contributed by atoms with Crippen LogP contribution in [0.3, 0.4) is 0 Å². The van der Waals surface area contributed by atoms with Crippen LogP contribution >= 0.6 is 0 Å². The van der Waals surface area contributed by atoms with E-state index in [1.807, 2.05) is 37.7 Å². The number of benzene rings is 1. The molecule has 7 nitrogen and oxygen atoms in total. The van der Waals surface area contributed by atoms with E-state index >= 15 is 0 Å². The molecular formula is C21H25FN6O. The Labute approximate surface area is 169 Å². The molecule has 152 valence electrons. The number of aliphatic imine (C=N–C) groups is 1. The minimum absolute atomic E-state index is 0.358. The molecule has 8 heteroatoms. The van der Waals surface area contributed by atoms with E-state index in [0.717, 1.165) is 22.5 Å². The molecule has 29 heavy (non-hydrogen) atoms. The van der Waals surface area contributed by atoms with E-state index in [9.17, 15) is 4.39 Å². The minimum atomic E-state index is -0.358. The maximum Gasteiger partial charge on any atom is 0.224 e. The number of ether oxygens (including phenoxy) is 1. The highest BCUT2D eigenvalue weighted by molar-refractivity contribution is 5.79. The summed E-state index contributed by atoms with van der Waals surface area (Å²) >= 11 is 0. The standard InChI is InChI=1S/C21H25FN6O/c1-14-19(15(2)28(4)27-14)13-26-21(23-3)25-12-16-7-6-10-24-20(16)29-18-9-5-8-17(22)11-18/h5-11H,12-13H2,1-4H3,(H2,23,25,26). The van der Waals surface area contributed by atoms with Crippen molar-refractivity contribution in [3.8, 4) is 11.6 Å². The Hall–Kier alpha value is -3.42. The topological polar surface area (TPSA) is 76.4 Å². The van der Waals surface area contributed by atoms with Gasteiger partial charge in [0.1, 0.15) is 11.6 Å². The van der Waals surface area contributed by atoms with Gasteiger partial charge in [0.2, 0.25) is 5.88 Å². The van der Waals surface area contributed by atoms with Gasteiger partial charge in [-0.2, -0.15) is 5.10 Å². The van der Waals surface area contributed by atoms with E-state index in [1.54, 1.807) is 25.4 Å². The fourth-order valence-corrected chi connectivity index (χ4v) is 2.94. The molecule has 0 atom stereocenters. The van der Waals surface area contributed by atoms with Crippen LogP contribution in [0.25, 0.3) is 0 Å². The van der Waals surface area contributed by atoms with Gasteiger partial charge in [-0.25, -0.2) is 9.37 Å². The third kappa shape index (κ3) is 5.10. The van der Waals surface area contributed by atoms with Gasteiger partial charge in [0, 0.05) is 56.3 Å². The normalized spacial score (nSPS) is 11.4. The summed E-state index contributed by atoms with van der Waals surface area (Å²) in [5, 5.41) is 11.0. The van der Waals surface area contributed by atoms with Gasteiger partial charge in [-0.15, -0.1) is 0 Å². The second-order valence-corrected chi connectivity index (χ2v) is 6.58. The van der Waals surface area contributed by atoms with Crippen LogP contribution in [-0.4, -0.2) is 27.8 Å². The van der Waals surface area contributed by atoms with Gasteiger partial charge in [-0.1, -0.05) is 12.1 Å². The molecule has 1 aromatic carbocycles.